The molecule has 4 rings (SSSR count). The molecular formula is C22H17N3O4S. The van der Waals surface area contributed by atoms with Gasteiger partial charge in [-0.2, -0.15) is 5.10 Å². The fourth-order valence-corrected chi connectivity index (χ4v) is 3.79. The summed E-state index contributed by atoms with van der Waals surface area (Å²) in [6, 6.07) is 17.0. The van der Waals surface area contributed by atoms with Crippen LogP contribution in [0.25, 0.3) is 20.8 Å². The first-order valence-corrected chi connectivity index (χ1v) is 9.76. The van der Waals surface area contributed by atoms with Gasteiger partial charge in [0.2, 0.25) is 0 Å². The van der Waals surface area contributed by atoms with Gasteiger partial charge in [0.1, 0.15) is 10.8 Å². The molecule has 3 aromatic carbocycles. The minimum absolute atomic E-state index is 0.0683. The second-order valence-electron chi connectivity index (χ2n) is 6.35. The van der Waals surface area contributed by atoms with Gasteiger partial charge in [0.15, 0.2) is 11.5 Å². The van der Waals surface area contributed by atoms with E-state index in [1.165, 1.54) is 48.9 Å². The molecule has 0 spiro atoms. The van der Waals surface area contributed by atoms with Gasteiger partial charge >= 0.3 is 0 Å². The van der Waals surface area contributed by atoms with E-state index in [0.29, 0.717) is 11.1 Å². The maximum Gasteiger partial charge on any atom is 0.271 e. The molecule has 0 saturated heterocycles. The maximum absolute atomic E-state index is 12.1. The number of methoxy groups -OCH3 is 1. The van der Waals surface area contributed by atoms with Crippen LogP contribution >= 0.6 is 11.3 Å². The first-order chi connectivity index (χ1) is 14.5. The van der Waals surface area contributed by atoms with Crippen molar-refractivity contribution in [2.75, 3.05) is 7.11 Å². The summed E-state index contributed by atoms with van der Waals surface area (Å²) in [6.07, 6.45) is 1.34. The fourth-order valence-electron chi connectivity index (χ4n) is 2.84. The molecule has 7 nitrogen and oxygen atoms in total. The van der Waals surface area contributed by atoms with Crippen LogP contribution in [0.5, 0.6) is 17.2 Å². The first kappa shape index (κ1) is 19.4. The van der Waals surface area contributed by atoms with Gasteiger partial charge in [-0.15, -0.1) is 11.3 Å². The van der Waals surface area contributed by atoms with E-state index >= 15 is 0 Å². The van der Waals surface area contributed by atoms with E-state index in [1.807, 2.05) is 24.3 Å². The Labute approximate surface area is 175 Å². The highest BCUT2D eigenvalue weighted by Crippen LogP contribution is 2.37. The van der Waals surface area contributed by atoms with E-state index in [-0.39, 0.29) is 17.2 Å². The van der Waals surface area contributed by atoms with E-state index < -0.39 is 5.91 Å². The number of ether oxygens (including phenoxy) is 1. The lowest BCUT2D eigenvalue weighted by Crippen LogP contribution is -2.17. The van der Waals surface area contributed by atoms with Crippen molar-refractivity contribution in [1.29, 1.82) is 0 Å². The number of hydrogen-bond donors (Lipinski definition) is 3. The lowest BCUT2D eigenvalue weighted by atomic mass is 10.1. The number of hydrazone groups is 1. The van der Waals surface area contributed by atoms with Crippen molar-refractivity contribution in [3.8, 4) is 27.8 Å². The van der Waals surface area contributed by atoms with Crippen LogP contribution in [0.4, 0.5) is 0 Å². The number of nitrogens with one attached hydrogen (secondary N) is 1. The number of rotatable bonds is 5. The quantitative estimate of drug-likeness (QED) is 0.333. The molecule has 0 radical (unpaired) electrons. The molecule has 0 aliphatic rings. The minimum atomic E-state index is -0.444. The average molecular weight is 419 g/mol. The van der Waals surface area contributed by atoms with Crippen LogP contribution in [0.3, 0.4) is 0 Å². The van der Waals surface area contributed by atoms with Gasteiger partial charge in [0, 0.05) is 16.7 Å². The number of phenols is 2. The molecule has 150 valence electrons. The number of aromatic hydroxyl groups is 2. The number of amides is 1. The molecule has 0 saturated carbocycles. The lowest BCUT2D eigenvalue weighted by Gasteiger charge is -2.08. The Morgan fingerprint density at radius 1 is 1.13 bits per heavy atom. The second-order valence-corrected chi connectivity index (χ2v) is 7.38. The summed E-state index contributed by atoms with van der Waals surface area (Å²) in [5, 5.41) is 24.5. The molecule has 4 aromatic rings. The monoisotopic (exact) mass is 419 g/mol. The summed E-state index contributed by atoms with van der Waals surface area (Å²) in [4.78, 5) is 16.8. The van der Waals surface area contributed by atoms with Crippen LogP contribution in [-0.2, 0) is 0 Å². The number of thiazole rings is 1. The molecule has 8 heteroatoms. The predicted molar refractivity (Wildman–Crippen MR) is 116 cm³/mol. The zero-order valence-electron chi connectivity index (χ0n) is 15.9. The van der Waals surface area contributed by atoms with E-state index in [0.717, 1.165) is 20.8 Å². The first-order valence-electron chi connectivity index (χ1n) is 8.94. The summed E-state index contributed by atoms with van der Waals surface area (Å²) in [5.41, 5.74) is 4.76. The highest BCUT2D eigenvalue weighted by molar-refractivity contribution is 7.21. The molecule has 30 heavy (non-hydrogen) atoms. The number of aromatic nitrogens is 1. The molecule has 0 unspecified atom stereocenters. The van der Waals surface area contributed by atoms with Crippen molar-refractivity contribution >= 4 is 33.7 Å². The summed E-state index contributed by atoms with van der Waals surface area (Å²) in [6.45, 7) is 0. The van der Waals surface area contributed by atoms with Gasteiger partial charge in [-0.05, 0) is 48.5 Å². The van der Waals surface area contributed by atoms with Crippen molar-refractivity contribution < 1.29 is 19.7 Å². The SMILES string of the molecule is COc1cc(-c2nc3ccccc3s2)cc(/C=N/NC(=O)c2ccc(O)cc2)c1O. The third kappa shape index (κ3) is 3.94. The lowest BCUT2D eigenvalue weighted by molar-refractivity contribution is 0.0955. The number of carbonyl (C=O) groups is 1. The Hall–Kier alpha value is -3.91. The highest BCUT2D eigenvalue weighted by atomic mass is 32.1. The predicted octanol–water partition coefficient (Wildman–Crippen LogP) is 4.15. The molecule has 0 aliphatic carbocycles. The number of phenolic OH excluding ortho intramolecular Hbond substituents is 2. The topological polar surface area (TPSA) is 104 Å². The van der Waals surface area contributed by atoms with E-state index in [9.17, 15) is 15.0 Å². The van der Waals surface area contributed by atoms with Crippen molar-refractivity contribution in [1.82, 2.24) is 10.4 Å². The minimum Gasteiger partial charge on any atom is -0.508 e. The summed E-state index contributed by atoms with van der Waals surface area (Å²) >= 11 is 1.53. The number of fused-ring (bicyclic) bond motifs is 1. The second kappa shape index (κ2) is 8.22. The average Bonchev–Trinajstić information content (AvgIpc) is 3.19. The Morgan fingerprint density at radius 2 is 1.90 bits per heavy atom. The van der Waals surface area contributed by atoms with Crippen molar-refractivity contribution in [3.63, 3.8) is 0 Å². The summed E-state index contributed by atoms with van der Waals surface area (Å²) in [7, 11) is 1.46. The largest absolute Gasteiger partial charge is 0.508 e. The van der Waals surface area contributed by atoms with Gasteiger partial charge in [-0.1, -0.05) is 12.1 Å². The molecule has 0 bridgehead atoms. The van der Waals surface area contributed by atoms with E-state index in [2.05, 4.69) is 15.5 Å². The van der Waals surface area contributed by atoms with Gasteiger partial charge in [-0.25, -0.2) is 10.4 Å². The molecule has 0 atom stereocenters. The van der Waals surface area contributed by atoms with Gasteiger partial charge in [0.25, 0.3) is 5.91 Å². The van der Waals surface area contributed by atoms with Crippen LogP contribution in [0, 0.1) is 0 Å². The molecule has 1 aromatic heterocycles. The number of carbonyl (C=O) groups excluding carboxylic acids is 1. The van der Waals surface area contributed by atoms with Crippen molar-refractivity contribution in [2.45, 2.75) is 0 Å². The Balaban J connectivity index is 1.62. The molecule has 3 N–H and O–H groups in total. The van der Waals surface area contributed by atoms with Crippen molar-refractivity contribution in [3.05, 3.63) is 71.8 Å². The smallest absolute Gasteiger partial charge is 0.271 e. The van der Waals surface area contributed by atoms with Crippen LogP contribution in [0.15, 0.2) is 65.8 Å². The van der Waals surface area contributed by atoms with E-state index in [4.69, 9.17) is 4.74 Å². The number of para-hydroxylation sites is 1. The van der Waals surface area contributed by atoms with Gasteiger partial charge in [-0.3, -0.25) is 4.79 Å². The summed E-state index contributed by atoms with van der Waals surface area (Å²) < 4.78 is 6.34. The number of nitrogens with zero attached hydrogens (tertiary/aromatic N) is 2. The Kier molecular flexibility index (Phi) is 5.32. The number of hydrogen-bond acceptors (Lipinski definition) is 7. The normalized spacial score (nSPS) is 11.1. The zero-order chi connectivity index (χ0) is 21.1. The van der Waals surface area contributed by atoms with Crippen LogP contribution in [0.2, 0.25) is 0 Å². The molecule has 0 fully saturated rings. The standard InChI is InChI=1S/C22H17N3O4S/c1-29-18-11-14(22-24-17-4-2-3-5-19(17)30-22)10-15(20(18)27)12-23-25-21(28)13-6-8-16(26)9-7-13/h2-12,26-27H,1H3,(H,25,28)/b23-12+. The number of benzene rings is 3. The van der Waals surface area contributed by atoms with Crippen LogP contribution in [0.1, 0.15) is 15.9 Å². The van der Waals surface area contributed by atoms with Crippen molar-refractivity contribution in [2.24, 2.45) is 5.10 Å². The Bertz CT molecular complexity index is 1220. The fraction of sp³-hybridized carbons (Fsp3) is 0.0455. The maximum atomic E-state index is 12.1. The Morgan fingerprint density at radius 3 is 2.63 bits per heavy atom. The van der Waals surface area contributed by atoms with Crippen LogP contribution in [-0.4, -0.2) is 34.4 Å². The molecule has 1 heterocycles. The molecular weight excluding hydrogens is 402 g/mol. The molecule has 0 aliphatic heterocycles. The molecule has 1 amide bonds. The van der Waals surface area contributed by atoms with Crippen LogP contribution < -0.4 is 10.2 Å². The van der Waals surface area contributed by atoms with Gasteiger partial charge in [0.05, 0.1) is 23.5 Å². The third-order valence-corrected chi connectivity index (χ3v) is 5.45. The van der Waals surface area contributed by atoms with E-state index in [1.54, 1.807) is 12.1 Å². The highest BCUT2D eigenvalue weighted by Gasteiger charge is 2.14. The third-order valence-electron chi connectivity index (χ3n) is 4.36. The van der Waals surface area contributed by atoms with Gasteiger partial charge < -0.3 is 14.9 Å². The zero-order valence-corrected chi connectivity index (χ0v) is 16.7. The summed E-state index contributed by atoms with van der Waals surface area (Å²) in [5.74, 6) is -0.193.